The van der Waals surface area contributed by atoms with Gasteiger partial charge in [0.25, 0.3) is 0 Å². The summed E-state index contributed by atoms with van der Waals surface area (Å²) < 4.78 is 23.9. The third-order valence-electron chi connectivity index (χ3n) is 3.94. The summed E-state index contributed by atoms with van der Waals surface area (Å²) in [4.78, 5) is 19.8. The Morgan fingerprint density at radius 2 is 2.12 bits per heavy atom. The Kier molecular flexibility index (Phi) is 5.55. The highest BCUT2D eigenvalue weighted by atomic mass is 79.9. The van der Waals surface area contributed by atoms with Crippen LogP contribution >= 0.6 is 27.7 Å². The van der Waals surface area contributed by atoms with E-state index in [0.29, 0.717) is 11.6 Å². The van der Waals surface area contributed by atoms with Gasteiger partial charge in [0.1, 0.15) is 0 Å². The summed E-state index contributed by atoms with van der Waals surface area (Å²) in [5.74, 6) is 0.00686. The zero-order valence-electron chi connectivity index (χ0n) is 13.5. The lowest BCUT2D eigenvalue weighted by molar-refractivity contribution is -0.120. The lowest BCUT2D eigenvalue weighted by Crippen LogP contribution is -2.39. The first kappa shape index (κ1) is 18.5. The number of aromatic nitrogens is 2. The normalized spacial score (nSPS) is 20.3. The SMILES string of the molecule is CC(Sc1ncc(-c2ccc(Br)cc2)[nH]1)C(=O)NC1CCS(=O)(=O)C1. The zero-order chi connectivity index (χ0) is 18.0. The van der Waals surface area contributed by atoms with Gasteiger partial charge in [0, 0.05) is 10.5 Å². The van der Waals surface area contributed by atoms with Crippen LogP contribution in [0.15, 0.2) is 40.1 Å². The fraction of sp³-hybridized carbons (Fsp3) is 0.375. The largest absolute Gasteiger partial charge is 0.351 e. The van der Waals surface area contributed by atoms with E-state index in [1.165, 1.54) is 11.8 Å². The summed E-state index contributed by atoms with van der Waals surface area (Å²) in [5, 5.41) is 3.10. The number of carbonyl (C=O) groups excluding carboxylic acids is 1. The average Bonchev–Trinajstić information content (AvgIpc) is 3.14. The molecular formula is C16H18BrN3O3S2. The summed E-state index contributed by atoms with van der Waals surface area (Å²) in [6, 6.07) is 7.57. The van der Waals surface area contributed by atoms with Gasteiger partial charge in [-0.1, -0.05) is 39.8 Å². The Bertz CT molecular complexity index is 865. The molecule has 134 valence electrons. The molecule has 2 heterocycles. The molecule has 6 nitrogen and oxygen atoms in total. The Morgan fingerprint density at radius 3 is 2.76 bits per heavy atom. The van der Waals surface area contributed by atoms with Crippen LogP contribution in [-0.4, -0.2) is 47.1 Å². The van der Waals surface area contributed by atoms with Crippen molar-refractivity contribution in [1.82, 2.24) is 15.3 Å². The van der Waals surface area contributed by atoms with Crippen LogP contribution in [0, 0.1) is 0 Å². The number of nitrogens with zero attached hydrogens (tertiary/aromatic N) is 1. The van der Waals surface area contributed by atoms with Gasteiger partial charge in [-0.15, -0.1) is 0 Å². The summed E-state index contributed by atoms with van der Waals surface area (Å²) >= 11 is 4.72. The molecule has 1 saturated heterocycles. The van der Waals surface area contributed by atoms with Gasteiger partial charge in [-0.25, -0.2) is 13.4 Å². The van der Waals surface area contributed by atoms with Crippen molar-refractivity contribution < 1.29 is 13.2 Å². The third kappa shape index (κ3) is 4.86. The fourth-order valence-electron chi connectivity index (χ4n) is 2.59. The first-order chi connectivity index (χ1) is 11.8. The molecule has 2 unspecified atom stereocenters. The van der Waals surface area contributed by atoms with Crippen molar-refractivity contribution in [3.63, 3.8) is 0 Å². The number of aromatic amines is 1. The number of thioether (sulfide) groups is 1. The highest BCUT2D eigenvalue weighted by molar-refractivity contribution is 9.10. The van der Waals surface area contributed by atoms with E-state index in [4.69, 9.17) is 0 Å². The number of nitrogens with one attached hydrogen (secondary N) is 2. The van der Waals surface area contributed by atoms with Crippen LogP contribution < -0.4 is 5.32 Å². The maximum Gasteiger partial charge on any atom is 0.233 e. The van der Waals surface area contributed by atoms with Crippen molar-refractivity contribution in [1.29, 1.82) is 0 Å². The van der Waals surface area contributed by atoms with E-state index in [1.54, 1.807) is 13.1 Å². The molecule has 25 heavy (non-hydrogen) atoms. The van der Waals surface area contributed by atoms with Gasteiger partial charge in [-0.2, -0.15) is 0 Å². The molecule has 2 N–H and O–H groups in total. The number of imidazole rings is 1. The zero-order valence-corrected chi connectivity index (χ0v) is 16.7. The molecule has 1 aliphatic heterocycles. The van der Waals surface area contributed by atoms with Crippen LogP contribution in [0.2, 0.25) is 0 Å². The maximum absolute atomic E-state index is 12.3. The lowest BCUT2D eigenvalue weighted by Gasteiger charge is -2.14. The number of hydrogen-bond acceptors (Lipinski definition) is 5. The van der Waals surface area contributed by atoms with Crippen LogP contribution in [0.3, 0.4) is 0 Å². The van der Waals surface area contributed by atoms with Gasteiger partial charge < -0.3 is 10.3 Å². The monoisotopic (exact) mass is 443 g/mol. The molecule has 1 aliphatic rings. The van der Waals surface area contributed by atoms with Crippen molar-refractivity contribution in [2.24, 2.45) is 0 Å². The quantitative estimate of drug-likeness (QED) is 0.692. The van der Waals surface area contributed by atoms with Crippen LogP contribution in [0.1, 0.15) is 13.3 Å². The second kappa shape index (κ2) is 7.51. The minimum absolute atomic E-state index is 0.0323. The van der Waals surface area contributed by atoms with E-state index in [9.17, 15) is 13.2 Å². The van der Waals surface area contributed by atoms with Crippen molar-refractivity contribution in [2.45, 2.75) is 29.8 Å². The smallest absolute Gasteiger partial charge is 0.233 e. The molecule has 1 aromatic heterocycles. The van der Waals surface area contributed by atoms with E-state index in [0.717, 1.165) is 15.7 Å². The van der Waals surface area contributed by atoms with Crippen molar-refractivity contribution in [2.75, 3.05) is 11.5 Å². The van der Waals surface area contributed by atoms with E-state index < -0.39 is 9.84 Å². The molecule has 1 fully saturated rings. The minimum Gasteiger partial charge on any atom is -0.351 e. The molecule has 1 aromatic carbocycles. The van der Waals surface area contributed by atoms with Gasteiger partial charge in [-0.05, 0) is 31.0 Å². The van der Waals surface area contributed by atoms with E-state index in [2.05, 4.69) is 31.2 Å². The lowest BCUT2D eigenvalue weighted by atomic mass is 10.2. The molecule has 2 aromatic rings. The molecule has 0 spiro atoms. The molecule has 1 amide bonds. The second-order valence-electron chi connectivity index (χ2n) is 5.98. The first-order valence-corrected chi connectivity index (χ1v) is 11.3. The number of amides is 1. The molecule has 3 rings (SSSR count). The topological polar surface area (TPSA) is 91.9 Å². The molecule has 0 radical (unpaired) electrons. The molecule has 9 heteroatoms. The van der Waals surface area contributed by atoms with Crippen molar-refractivity contribution in [3.8, 4) is 11.3 Å². The van der Waals surface area contributed by atoms with Crippen molar-refractivity contribution in [3.05, 3.63) is 34.9 Å². The van der Waals surface area contributed by atoms with Gasteiger partial charge in [-0.3, -0.25) is 4.79 Å². The summed E-state index contributed by atoms with van der Waals surface area (Å²) in [5.41, 5.74) is 1.89. The molecule has 0 saturated carbocycles. The van der Waals surface area contributed by atoms with E-state index >= 15 is 0 Å². The number of halogens is 1. The number of sulfone groups is 1. The average molecular weight is 444 g/mol. The van der Waals surface area contributed by atoms with Gasteiger partial charge in [0.2, 0.25) is 5.91 Å². The van der Waals surface area contributed by atoms with E-state index in [-0.39, 0.29) is 28.7 Å². The summed E-state index contributed by atoms with van der Waals surface area (Å²) in [6.45, 7) is 1.78. The predicted molar refractivity (Wildman–Crippen MR) is 102 cm³/mol. The summed E-state index contributed by atoms with van der Waals surface area (Å²) in [7, 11) is -3.00. The Hall–Kier alpha value is -1.32. The van der Waals surface area contributed by atoms with Crippen LogP contribution in [0.5, 0.6) is 0 Å². The van der Waals surface area contributed by atoms with Gasteiger partial charge in [0.05, 0.1) is 28.6 Å². The van der Waals surface area contributed by atoms with Crippen LogP contribution in [0.4, 0.5) is 0 Å². The van der Waals surface area contributed by atoms with E-state index in [1.807, 2.05) is 24.3 Å². The second-order valence-corrected chi connectivity index (χ2v) is 10.5. The first-order valence-electron chi connectivity index (χ1n) is 7.81. The Morgan fingerprint density at radius 1 is 1.40 bits per heavy atom. The van der Waals surface area contributed by atoms with Crippen LogP contribution in [-0.2, 0) is 14.6 Å². The highest BCUT2D eigenvalue weighted by Crippen LogP contribution is 2.25. The predicted octanol–water partition coefficient (Wildman–Crippen LogP) is 2.62. The highest BCUT2D eigenvalue weighted by Gasteiger charge is 2.30. The van der Waals surface area contributed by atoms with Crippen molar-refractivity contribution >= 4 is 43.4 Å². The maximum atomic E-state index is 12.3. The van der Waals surface area contributed by atoms with Crippen LogP contribution in [0.25, 0.3) is 11.3 Å². The molecule has 0 bridgehead atoms. The number of hydrogen-bond donors (Lipinski definition) is 2. The third-order valence-corrected chi connectivity index (χ3v) is 7.24. The Labute approximate surface area is 159 Å². The molecular weight excluding hydrogens is 426 g/mol. The number of benzene rings is 1. The van der Waals surface area contributed by atoms with Gasteiger partial charge >= 0.3 is 0 Å². The minimum atomic E-state index is -3.00. The molecule has 0 aliphatic carbocycles. The summed E-state index contributed by atoms with van der Waals surface area (Å²) in [6.07, 6.45) is 2.22. The number of rotatable bonds is 5. The molecule has 2 atom stereocenters. The fourth-order valence-corrected chi connectivity index (χ4v) is 5.32. The number of H-pyrrole nitrogens is 1. The van der Waals surface area contributed by atoms with Gasteiger partial charge in [0.15, 0.2) is 15.0 Å². The standard InChI is InChI=1S/C16H18BrN3O3S2/c1-10(15(21)19-13-6-7-25(22,23)9-13)24-16-18-8-14(20-16)11-2-4-12(17)5-3-11/h2-5,8,10,13H,6-7,9H2,1H3,(H,18,20)(H,19,21). The number of carbonyl (C=O) groups is 1. The Balaban J connectivity index is 1.58.